The zero-order chi connectivity index (χ0) is 18.9. The summed E-state index contributed by atoms with van der Waals surface area (Å²) < 4.78 is 5.88. The molecule has 0 N–H and O–H groups in total. The van der Waals surface area contributed by atoms with Gasteiger partial charge in [-0.1, -0.05) is 56.5 Å². The standard InChI is InChI=1S/C26H40O/c1-3-5-6-7-21-10-15-24(16-11-21)25-17-12-22(13-18-25)8-9-23-14-19-26(4-2)27-20-23/h4,10-11,15-16,22-23,25-26H,2-3,5-9,12-14,17-20H2,1H3. The molecule has 1 heteroatoms. The van der Waals surface area contributed by atoms with Gasteiger partial charge in [-0.05, 0) is 86.7 Å². The minimum atomic E-state index is 0.315. The van der Waals surface area contributed by atoms with Gasteiger partial charge in [-0.3, -0.25) is 0 Å². The Labute approximate surface area is 167 Å². The third-order valence-corrected chi connectivity index (χ3v) is 7.02. The summed E-state index contributed by atoms with van der Waals surface area (Å²) in [5.41, 5.74) is 3.11. The quantitative estimate of drug-likeness (QED) is 0.325. The predicted molar refractivity (Wildman–Crippen MR) is 116 cm³/mol. The summed E-state index contributed by atoms with van der Waals surface area (Å²) in [6.45, 7) is 7.09. The molecule has 1 aromatic carbocycles. The topological polar surface area (TPSA) is 9.23 Å². The van der Waals surface area contributed by atoms with E-state index in [2.05, 4.69) is 37.8 Å². The Hall–Kier alpha value is -1.08. The van der Waals surface area contributed by atoms with E-state index in [0.29, 0.717) is 6.10 Å². The molecule has 1 aromatic rings. The number of rotatable bonds is 9. The average molecular weight is 369 g/mol. The summed E-state index contributed by atoms with van der Waals surface area (Å²) in [6, 6.07) is 9.61. The number of hydrogen-bond acceptors (Lipinski definition) is 1. The number of ether oxygens (including phenoxy) is 1. The van der Waals surface area contributed by atoms with Crippen molar-refractivity contribution in [2.75, 3.05) is 6.61 Å². The number of benzene rings is 1. The SMILES string of the molecule is C=CC1CCC(CCC2CCC(c3ccc(CCCCC)cc3)CC2)CO1. The lowest BCUT2D eigenvalue weighted by Crippen LogP contribution is -2.25. The van der Waals surface area contributed by atoms with Crippen LogP contribution in [0.3, 0.4) is 0 Å². The Morgan fingerprint density at radius 1 is 0.926 bits per heavy atom. The van der Waals surface area contributed by atoms with E-state index >= 15 is 0 Å². The molecule has 0 radical (unpaired) electrons. The van der Waals surface area contributed by atoms with E-state index in [1.165, 1.54) is 82.6 Å². The molecule has 0 amide bonds. The lowest BCUT2D eigenvalue weighted by Gasteiger charge is -2.31. The van der Waals surface area contributed by atoms with Gasteiger partial charge in [0.25, 0.3) is 0 Å². The van der Waals surface area contributed by atoms with Crippen molar-refractivity contribution in [1.29, 1.82) is 0 Å². The summed E-state index contributed by atoms with van der Waals surface area (Å²) in [4.78, 5) is 0. The molecule has 2 atom stereocenters. The summed E-state index contributed by atoms with van der Waals surface area (Å²) >= 11 is 0. The van der Waals surface area contributed by atoms with Gasteiger partial charge in [0.05, 0.1) is 12.7 Å². The Morgan fingerprint density at radius 2 is 1.63 bits per heavy atom. The maximum absolute atomic E-state index is 5.88. The molecule has 1 saturated carbocycles. The van der Waals surface area contributed by atoms with Crippen LogP contribution in [0.15, 0.2) is 36.9 Å². The first-order valence-electron chi connectivity index (χ1n) is 11.6. The summed E-state index contributed by atoms with van der Waals surface area (Å²) in [5, 5.41) is 0. The van der Waals surface area contributed by atoms with E-state index in [1.807, 2.05) is 6.08 Å². The predicted octanol–water partition coefficient (Wildman–Crippen LogP) is 7.45. The van der Waals surface area contributed by atoms with Crippen LogP contribution < -0.4 is 0 Å². The normalized spacial score (nSPS) is 28.8. The third kappa shape index (κ3) is 6.49. The first-order chi connectivity index (χ1) is 13.3. The molecule has 27 heavy (non-hydrogen) atoms. The minimum Gasteiger partial charge on any atom is -0.374 e. The van der Waals surface area contributed by atoms with Crippen molar-refractivity contribution in [1.82, 2.24) is 0 Å². The molecule has 2 unspecified atom stereocenters. The summed E-state index contributed by atoms with van der Waals surface area (Å²) in [6.07, 6.45) is 18.4. The molecule has 1 saturated heterocycles. The van der Waals surface area contributed by atoms with E-state index in [-0.39, 0.29) is 0 Å². The van der Waals surface area contributed by atoms with Crippen molar-refractivity contribution >= 4 is 0 Å². The molecule has 0 bridgehead atoms. The molecule has 2 fully saturated rings. The second kappa shape index (κ2) is 11.1. The van der Waals surface area contributed by atoms with Gasteiger partial charge in [0, 0.05) is 0 Å². The first-order valence-corrected chi connectivity index (χ1v) is 11.6. The van der Waals surface area contributed by atoms with Crippen LogP contribution in [-0.4, -0.2) is 12.7 Å². The minimum absolute atomic E-state index is 0.315. The van der Waals surface area contributed by atoms with Crippen LogP contribution in [-0.2, 0) is 11.2 Å². The van der Waals surface area contributed by atoms with Crippen molar-refractivity contribution in [3.8, 4) is 0 Å². The van der Waals surface area contributed by atoms with Crippen molar-refractivity contribution in [2.45, 2.75) is 96.0 Å². The van der Waals surface area contributed by atoms with Gasteiger partial charge >= 0.3 is 0 Å². The fraction of sp³-hybridized carbons (Fsp3) is 0.692. The van der Waals surface area contributed by atoms with E-state index < -0.39 is 0 Å². The van der Waals surface area contributed by atoms with Gasteiger partial charge < -0.3 is 4.74 Å². The highest BCUT2D eigenvalue weighted by molar-refractivity contribution is 5.26. The van der Waals surface area contributed by atoms with Crippen molar-refractivity contribution < 1.29 is 4.74 Å². The van der Waals surface area contributed by atoms with Crippen LogP contribution in [0.2, 0.25) is 0 Å². The number of unbranched alkanes of at least 4 members (excludes halogenated alkanes) is 2. The molecule has 150 valence electrons. The lowest BCUT2D eigenvalue weighted by atomic mass is 9.76. The van der Waals surface area contributed by atoms with E-state index in [4.69, 9.17) is 4.74 Å². The van der Waals surface area contributed by atoms with Gasteiger partial charge in [0.15, 0.2) is 0 Å². The van der Waals surface area contributed by atoms with Crippen LogP contribution in [0.5, 0.6) is 0 Å². The van der Waals surface area contributed by atoms with Crippen molar-refractivity contribution in [2.24, 2.45) is 11.8 Å². The van der Waals surface area contributed by atoms with Crippen LogP contribution in [0.4, 0.5) is 0 Å². The molecule has 0 spiro atoms. The Bertz CT molecular complexity index is 530. The Morgan fingerprint density at radius 3 is 2.26 bits per heavy atom. The highest BCUT2D eigenvalue weighted by atomic mass is 16.5. The molecular weight excluding hydrogens is 328 g/mol. The zero-order valence-electron chi connectivity index (χ0n) is 17.5. The molecule has 1 aliphatic carbocycles. The van der Waals surface area contributed by atoms with Gasteiger partial charge in [-0.15, -0.1) is 6.58 Å². The van der Waals surface area contributed by atoms with Gasteiger partial charge in [0.1, 0.15) is 0 Å². The van der Waals surface area contributed by atoms with Crippen LogP contribution in [0.1, 0.15) is 94.6 Å². The molecule has 2 aliphatic rings. The zero-order valence-corrected chi connectivity index (χ0v) is 17.5. The average Bonchev–Trinajstić information content (AvgIpc) is 2.74. The lowest BCUT2D eigenvalue weighted by molar-refractivity contribution is 0.00646. The van der Waals surface area contributed by atoms with Crippen LogP contribution in [0, 0.1) is 11.8 Å². The van der Waals surface area contributed by atoms with Crippen molar-refractivity contribution in [3.63, 3.8) is 0 Å². The highest BCUT2D eigenvalue weighted by Gasteiger charge is 2.25. The molecule has 1 nitrogen and oxygen atoms in total. The number of hydrogen-bond donors (Lipinski definition) is 0. The highest BCUT2D eigenvalue weighted by Crippen LogP contribution is 2.38. The van der Waals surface area contributed by atoms with Gasteiger partial charge in [-0.2, -0.15) is 0 Å². The fourth-order valence-electron chi connectivity index (χ4n) is 5.03. The Kier molecular flexibility index (Phi) is 8.45. The monoisotopic (exact) mass is 368 g/mol. The van der Waals surface area contributed by atoms with Gasteiger partial charge in [0.2, 0.25) is 0 Å². The van der Waals surface area contributed by atoms with E-state index in [9.17, 15) is 0 Å². The first kappa shape index (κ1) is 20.6. The maximum Gasteiger partial charge on any atom is 0.0753 e. The second-order valence-electron chi connectivity index (χ2n) is 9.04. The van der Waals surface area contributed by atoms with Crippen LogP contribution in [0.25, 0.3) is 0 Å². The fourth-order valence-corrected chi connectivity index (χ4v) is 5.03. The van der Waals surface area contributed by atoms with E-state index in [0.717, 1.165) is 24.4 Å². The molecule has 0 aromatic heterocycles. The van der Waals surface area contributed by atoms with Crippen LogP contribution >= 0.6 is 0 Å². The molecule has 1 heterocycles. The largest absolute Gasteiger partial charge is 0.374 e. The maximum atomic E-state index is 5.88. The molecule has 3 rings (SSSR count). The second-order valence-corrected chi connectivity index (χ2v) is 9.04. The van der Waals surface area contributed by atoms with Gasteiger partial charge in [-0.25, -0.2) is 0 Å². The Balaban J connectivity index is 1.35. The van der Waals surface area contributed by atoms with E-state index in [1.54, 1.807) is 5.56 Å². The van der Waals surface area contributed by atoms with Crippen molar-refractivity contribution in [3.05, 3.63) is 48.0 Å². The third-order valence-electron chi connectivity index (χ3n) is 7.02. The molecular formula is C26H40O. The summed E-state index contributed by atoms with van der Waals surface area (Å²) in [7, 11) is 0. The summed E-state index contributed by atoms with van der Waals surface area (Å²) in [5.74, 6) is 2.54. The molecule has 1 aliphatic heterocycles. The smallest absolute Gasteiger partial charge is 0.0753 e. The number of aryl methyl sites for hydroxylation is 1.